The molecule has 2 aliphatic rings. The summed E-state index contributed by atoms with van der Waals surface area (Å²) in [5, 5.41) is 11.9. The highest BCUT2D eigenvalue weighted by atomic mass is 32.2. The van der Waals surface area contributed by atoms with Crippen LogP contribution in [0.2, 0.25) is 0 Å². The first-order chi connectivity index (χ1) is 22.1. The molecule has 3 atom stereocenters. The lowest BCUT2D eigenvalue weighted by Gasteiger charge is -2.31. The van der Waals surface area contributed by atoms with Gasteiger partial charge in [-0.25, -0.2) is 9.69 Å². The molecule has 0 radical (unpaired) electrons. The molecule has 46 heavy (non-hydrogen) atoms. The standard InChI is InChI=1S/C33H30N4O7S2/c1-4-44-32(42)19-7-13-22(14-8-19)37-29(40)26-25(18-5-11-21(12-6-18)35(2)3)28-31(45-27(26)30(37)41)36(33(43)46-28)17-24(39)34-20-9-15-23(38)16-10-20/h5-16,25-27,38H,4,17H2,1-3H3,(H,34,39)/t25-,26?,27?/m1/s1. The Kier molecular flexibility index (Phi) is 8.45. The number of rotatable bonds is 8. The summed E-state index contributed by atoms with van der Waals surface area (Å²) in [6.45, 7) is 1.62. The van der Waals surface area contributed by atoms with Gasteiger partial charge in [0.15, 0.2) is 0 Å². The number of hydrogen-bond donors (Lipinski definition) is 2. The van der Waals surface area contributed by atoms with Crippen molar-refractivity contribution in [3.8, 4) is 5.75 Å². The van der Waals surface area contributed by atoms with Crippen LogP contribution in [0.3, 0.4) is 0 Å². The molecular formula is C33H30N4O7S2. The fraction of sp³-hybridized carbons (Fsp3) is 0.242. The molecule has 2 unspecified atom stereocenters. The van der Waals surface area contributed by atoms with Gasteiger partial charge in [0.25, 0.3) is 0 Å². The largest absolute Gasteiger partial charge is 0.508 e. The third-order valence-corrected chi connectivity index (χ3v) is 10.5. The van der Waals surface area contributed by atoms with Crippen molar-refractivity contribution in [2.75, 3.05) is 35.8 Å². The number of benzene rings is 3. The van der Waals surface area contributed by atoms with Gasteiger partial charge in [-0.3, -0.25) is 23.7 Å². The van der Waals surface area contributed by atoms with Gasteiger partial charge in [0, 0.05) is 36.3 Å². The zero-order valence-electron chi connectivity index (χ0n) is 25.1. The second-order valence-electron chi connectivity index (χ2n) is 11.0. The number of carbonyl (C=O) groups excluding carboxylic acids is 4. The van der Waals surface area contributed by atoms with E-state index in [1.54, 1.807) is 31.2 Å². The Hall–Kier alpha value is -4.88. The van der Waals surface area contributed by atoms with Crippen LogP contribution in [0.1, 0.15) is 33.6 Å². The summed E-state index contributed by atoms with van der Waals surface area (Å²) in [6.07, 6.45) is 0. The summed E-state index contributed by atoms with van der Waals surface area (Å²) in [5.74, 6) is -3.18. The number of aromatic nitrogens is 1. The summed E-state index contributed by atoms with van der Waals surface area (Å²) in [6, 6.07) is 19.7. The predicted octanol–water partition coefficient (Wildman–Crippen LogP) is 4.29. The Morgan fingerprint density at radius 1 is 0.935 bits per heavy atom. The summed E-state index contributed by atoms with van der Waals surface area (Å²) in [7, 11) is 3.83. The monoisotopic (exact) mass is 658 g/mol. The molecule has 3 amide bonds. The van der Waals surface area contributed by atoms with Crippen LogP contribution in [0.5, 0.6) is 5.75 Å². The average molecular weight is 659 g/mol. The van der Waals surface area contributed by atoms with Gasteiger partial charge in [-0.2, -0.15) is 0 Å². The van der Waals surface area contributed by atoms with E-state index in [0.717, 1.165) is 39.2 Å². The lowest BCUT2D eigenvalue weighted by molar-refractivity contribution is -0.122. The maximum absolute atomic E-state index is 14.2. The lowest BCUT2D eigenvalue weighted by atomic mass is 9.83. The molecule has 236 valence electrons. The van der Waals surface area contributed by atoms with Gasteiger partial charge in [0.1, 0.15) is 17.5 Å². The van der Waals surface area contributed by atoms with Crippen molar-refractivity contribution in [1.82, 2.24) is 4.57 Å². The zero-order valence-corrected chi connectivity index (χ0v) is 26.8. The number of hydrogen-bond acceptors (Lipinski definition) is 10. The minimum absolute atomic E-state index is 0.0523. The van der Waals surface area contributed by atoms with Crippen molar-refractivity contribution >= 4 is 63.9 Å². The molecule has 11 nitrogen and oxygen atoms in total. The van der Waals surface area contributed by atoms with E-state index in [1.165, 1.54) is 28.8 Å². The van der Waals surface area contributed by atoms with Gasteiger partial charge in [0.05, 0.1) is 28.8 Å². The quantitative estimate of drug-likeness (QED) is 0.161. The van der Waals surface area contributed by atoms with Gasteiger partial charge in [0.2, 0.25) is 17.7 Å². The van der Waals surface area contributed by atoms with E-state index >= 15 is 0 Å². The van der Waals surface area contributed by atoms with Crippen LogP contribution >= 0.6 is 23.1 Å². The molecule has 0 saturated carbocycles. The minimum Gasteiger partial charge on any atom is -0.508 e. The molecule has 1 fully saturated rings. The van der Waals surface area contributed by atoms with Crippen LogP contribution in [0.15, 0.2) is 82.6 Å². The van der Waals surface area contributed by atoms with Crippen LogP contribution in [0, 0.1) is 5.92 Å². The summed E-state index contributed by atoms with van der Waals surface area (Å²) >= 11 is 2.09. The Morgan fingerprint density at radius 2 is 1.61 bits per heavy atom. The summed E-state index contributed by atoms with van der Waals surface area (Å²) < 4.78 is 6.41. The smallest absolute Gasteiger partial charge is 0.338 e. The number of esters is 1. The number of amides is 3. The lowest BCUT2D eigenvalue weighted by Crippen LogP contribution is -2.33. The fourth-order valence-electron chi connectivity index (χ4n) is 5.70. The Balaban J connectivity index is 1.38. The average Bonchev–Trinajstić information content (AvgIpc) is 3.48. The van der Waals surface area contributed by atoms with E-state index in [2.05, 4.69) is 5.32 Å². The van der Waals surface area contributed by atoms with Crippen molar-refractivity contribution in [2.24, 2.45) is 5.92 Å². The molecule has 0 aliphatic carbocycles. The second kappa shape index (κ2) is 12.5. The number of phenols is 1. The van der Waals surface area contributed by atoms with E-state index < -0.39 is 40.8 Å². The number of imide groups is 1. The van der Waals surface area contributed by atoms with Crippen molar-refractivity contribution in [3.05, 3.63) is 98.5 Å². The summed E-state index contributed by atoms with van der Waals surface area (Å²) in [4.78, 5) is 70.1. The van der Waals surface area contributed by atoms with Gasteiger partial charge in [-0.1, -0.05) is 35.2 Å². The molecular weight excluding hydrogens is 629 g/mol. The van der Waals surface area contributed by atoms with Crippen molar-refractivity contribution in [1.29, 1.82) is 0 Å². The third-order valence-electron chi connectivity index (χ3n) is 7.91. The normalized spacial score (nSPS) is 18.6. The maximum atomic E-state index is 14.2. The summed E-state index contributed by atoms with van der Waals surface area (Å²) in [5.41, 5.74) is 2.79. The number of anilines is 3. The van der Waals surface area contributed by atoms with Crippen LogP contribution in [-0.2, 0) is 25.7 Å². The second-order valence-corrected chi connectivity index (χ2v) is 13.1. The van der Waals surface area contributed by atoms with Crippen molar-refractivity contribution in [2.45, 2.75) is 29.7 Å². The molecule has 4 aromatic rings. The number of nitrogens with zero attached hydrogens (tertiary/aromatic N) is 3. The molecule has 0 bridgehead atoms. The predicted molar refractivity (Wildman–Crippen MR) is 176 cm³/mol. The number of phenolic OH excluding ortho intramolecular Hbond substituents is 1. The minimum atomic E-state index is -0.858. The molecule has 2 N–H and O–H groups in total. The van der Waals surface area contributed by atoms with E-state index in [-0.39, 0.29) is 23.8 Å². The van der Waals surface area contributed by atoms with Crippen molar-refractivity contribution in [3.63, 3.8) is 0 Å². The van der Waals surface area contributed by atoms with E-state index in [4.69, 9.17) is 4.74 Å². The number of nitrogens with one attached hydrogen (secondary N) is 1. The van der Waals surface area contributed by atoms with E-state index in [1.807, 2.05) is 43.3 Å². The first-order valence-electron chi connectivity index (χ1n) is 14.5. The van der Waals surface area contributed by atoms with Crippen LogP contribution in [0.25, 0.3) is 0 Å². The van der Waals surface area contributed by atoms with Crippen LogP contribution in [0.4, 0.5) is 17.1 Å². The van der Waals surface area contributed by atoms with Gasteiger partial charge in [-0.05, 0) is 73.2 Å². The maximum Gasteiger partial charge on any atom is 0.338 e. The number of thiazole rings is 1. The molecule has 13 heteroatoms. The molecule has 2 aliphatic heterocycles. The highest BCUT2D eigenvalue weighted by Crippen LogP contribution is 2.54. The number of carbonyl (C=O) groups is 4. The Morgan fingerprint density at radius 3 is 2.24 bits per heavy atom. The van der Waals surface area contributed by atoms with Crippen molar-refractivity contribution < 1.29 is 29.0 Å². The van der Waals surface area contributed by atoms with Crippen LogP contribution < -0.4 is 20.0 Å². The molecule has 1 aromatic heterocycles. The van der Waals surface area contributed by atoms with E-state index in [0.29, 0.717) is 26.8 Å². The fourth-order valence-corrected chi connectivity index (χ4v) is 8.47. The van der Waals surface area contributed by atoms with Crippen LogP contribution in [-0.4, -0.2) is 59.3 Å². The highest BCUT2D eigenvalue weighted by Gasteiger charge is 2.56. The van der Waals surface area contributed by atoms with Gasteiger partial charge in [-0.15, -0.1) is 0 Å². The number of thioether (sulfide) groups is 1. The number of aromatic hydroxyl groups is 1. The Labute approximate surface area is 272 Å². The van der Waals surface area contributed by atoms with Gasteiger partial charge < -0.3 is 20.1 Å². The topological polar surface area (TPSA) is 138 Å². The Bertz CT molecular complexity index is 1880. The number of ether oxygens (including phenoxy) is 1. The third kappa shape index (κ3) is 5.67. The molecule has 3 heterocycles. The molecule has 6 rings (SSSR count). The first kappa shape index (κ1) is 31.1. The first-order valence-corrected chi connectivity index (χ1v) is 16.2. The van der Waals surface area contributed by atoms with E-state index in [9.17, 15) is 29.1 Å². The number of fused-ring (bicyclic) bond motifs is 2. The molecule has 1 saturated heterocycles. The molecule has 0 spiro atoms. The SMILES string of the molecule is CCOC(=O)c1ccc(N2C(=O)C3Sc4c(sc(=O)n4CC(=O)Nc4ccc(O)cc4)[C@H](c4ccc(N(C)C)cc4)C3C2=O)cc1. The molecule has 3 aromatic carbocycles. The zero-order chi connectivity index (χ0) is 32.7. The van der Waals surface area contributed by atoms with Gasteiger partial charge >= 0.3 is 10.8 Å². The highest BCUT2D eigenvalue weighted by molar-refractivity contribution is 8.00.